The Bertz CT molecular complexity index is 771. The van der Waals surface area contributed by atoms with Crippen LogP contribution < -0.4 is 4.90 Å². The van der Waals surface area contributed by atoms with Gasteiger partial charge in [0.1, 0.15) is 11.9 Å². The number of likely N-dealkylation sites (tertiary alicyclic amines) is 1. The molecule has 130 valence electrons. The zero-order chi connectivity index (χ0) is 17.9. The van der Waals surface area contributed by atoms with Crippen molar-refractivity contribution in [3.63, 3.8) is 0 Å². The van der Waals surface area contributed by atoms with Gasteiger partial charge in [0.25, 0.3) is 0 Å². The lowest BCUT2D eigenvalue weighted by atomic mass is 10.0. The molecular weight excluding hydrogens is 312 g/mol. The molecule has 5 nitrogen and oxygen atoms in total. The van der Waals surface area contributed by atoms with Crippen LogP contribution in [0.4, 0.5) is 5.82 Å². The van der Waals surface area contributed by atoms with Crippen LogP contribution in [0.5, 0.6) is 0 Å². The van der Waals surface area contributed by atoms with E-state index in [1.54, 1.807) is 6.07 Å². The number of anilines is 1. The Kier molecular flexibility index (Phi) is 5.03. The molecule has 0 aliphatic carbocycles. The number of nitriles is 1. The molecule has 0 amide bonds. The standard InChI is InChI=1S/C20H24N4O/c1-16-8-9-18(12-21)19(22-16)23(2)14-20(25)10-11-24(15-20)13-17-6-4-3-5-7-17/h3-9,25H,10-11,13-15H2,1-2H3/t20-/m1/s1. The van der Waals surface area contributed by atoms with E-state index in [9.17, 15) is 10.4 Å². The lowest BCUT2D eigenvalue weighted by Crippen LogP contribution is -2.44. The first-order chi connectivity index (χ1) is 12.0. The monoisotopic (exact) mass is 336 g/mol. The number of aromatic nitrogens is 1. The largest absolute Gasteiger partial charge is 0.387 e. The van der Waals surface area contributed by atoms with Gasteiger partial charge < -0.3 is 10.0 Å². The SMILES string of the molecule is Cc1ccc(C#N)c(N(C)C[C@]2(O)CCN(Cc3ccccc3)C2)n1. The van der Waals surface area contributed by atoms with Crippen LogP contribution >= 0.6 is 0 Å². The highest BCUT2D eigenvalue weighted by atomic mass is 16.3. The van der Waals surface area contributed by atoms with Crippen molar-refractivity contribution in [1.29, 1.82) is 5.26 Å². The summed E-state index contributed by atoms with van der Waals surface area (Å²) >= 11 is 0. The average molecular weight is 336 g/mol. The normalized spacial score (nSPS) is 20.4. The van der Waals surface area contributed by atoms with E-state index in [-0.39, 0.29) is 0 Å². The van der Waals surface area contributed by atoms with Crippen LogP contribution in [0.15, 0.2) is 42.5 Å². The van der Waals surface area contributed by atoms with Crippen LogP contribution in [-0.4, -0.2) is 47.3 Å². The molecule has 25 heavy (non-hydrogen) atoms. The number of rotatable bonds is 5. The number of nitrogens with zero attached hydrogens (tertiary/aromatic N) is 4. The van der Waals surface area contributed by atoms with Crippen LogP contribution in [0.25, 0.3) is 0 Å². The lowest BCUT2D eigenvalue weighted by molar-refractivity contribution is 0.0561. The Balaban J connectivity index is 1.67. The predicted molar refractivity (Wildman–Crippen MR) is 98.2 cm³/mol. The van der Waals surface area contributed by atoms with E-state index in [1.807, 2.05) is 43.1 Å². The molecule has 1 aromatic carbocycles. The quantitative estimate of drug-likeness (QED) is 0.908. The Labute approximate surface area is 149 Å². The van der Waals surface area contributed by atoms with Crippen molar-refractivity contribution in [3.8, 4) is 6.07 Å². The first-order valence-corrected chi connectivity index (χ1v) is 8.57. The minimum absolute atomic E-state index is 0.462. The molecule has 0 saturated carbocycles. The van der Waals surface area contributed by atoms with E-state index >= 15 is 0 Å². The molecule has 3 rings (SSSR count). The minimum atomic E-state index is -0.790. The molecule has 0 bridgehead atoms. The molecule has 1 aliphatic rings. The summed E-state index contributed by atoms with van der Waals surface area (Å²) in [5, 5.41) is 20.3. The number of pyridine rings is 1. The highest BCUT2D eigenvalue weighted by Crippen LogP contribution is 2.26. The molecule has 0 radical (unpaired) electrons. The number of aryl methyl sites for hydroxylation is 1. The number of β-amino-alcohol motifs (C(OH)–C–C–N with tert-alkyl or cyclic N) is 1. The second-order valence-electron chi connectivity index (χ2n) is 6.96. The van der Waals surface area contributed by atoms with Crippen LogP contribution in [0.2, 0.25) is 0 Å². The second-order valence-corrected chi connectivity index (χ2v) is 6.96. The van der Waals surface area contributed by atoms with Crippen molar-refractivity contribution in [1.82, 2.24) is 9.88 Å². The summed E-state index contributed by atoms with van der Waals surface area (Å²) in [6.45, 7) is 4.71. The third kappa shape index (κ3) is 4.16. The summed E-state index contributed by atoms with van der Waals surface area (Å²) < 4.78 is 0. The summed E-state index contributed by atoms with van der Waals surface area (Å²) in [6.07, 6.45) is 0.720. The Morgan fingerprint density at radius 3 is 2.76 bits per heavy atom. The van der Waals surface area contributed by atoms with Crippen molar-refractivity contribution in [2.75, 3.05) is 31.6 Å². The van der Waals surface area contributed by atoms with Gasteiger partial charge >= 0.3 is 0 Å². The van der Waals surface area contributed by atoms with Crippen LogP contribution in [0.3, 0.4) is 0 Å². The highest BCUT2D eigenvalue weighted by molar-refractivity contribution is 5.54. The Morgan fingerprint density at radius 1 is 1.28 bits per heavy atom. The molecule has 1 aliphatic heterocycles. The smallest absolute Gasteiger partial charge is 0.146 e. The number of likely N-dealkylation sites (N-methyl/N-ethyl adjacent to an activating group) is 1. The fourth-order valence-corrected chi connectivity index (χ4v) is 3.48. The van der Waals surface area contributed by atoms with Crippen molar-refractivity contribution >= 4 is 5.82 Å². The molecule has 0 unspecified atom stereocenters. The average Bonchev–Trinajstić information content (AvgIpc) is 2.96. The van der Waals surface area contributed by atoms with Crippen LogP contribution in [0.1, 0.15) is 23.2 Å². The van der Waals surface area contributed by atoms with Gasteiger partial charge in [-0.3, -0.25) is 4.90 Å². The maximum Gasteiger partial charge on any atom is 0.146 e. The summed E-state index contributed by atoms with van der Waals surface area (Å²) in [5.74, 6) is 0.637. The van der Waals surface area contributed by atoms with Gasteiger partial charge in [-0.1, -0.05) is 30.3 Å². The highest BCUT2D eigenvalue weighted by Gasteiger charge is 2.37. The number of hydrogen-bond acceptors (Lipinski definition) is 5. The van der Waals surface area contributed by atoms with Gasteiger partial charge in [0.2, 0.25) is 0 Å². The van der Waals surface area contributed by atoms with E-state index in [0.29, 0.717) is 24.5 Å². The zero-order valence-electron chi connectivity index (χ0n) is 14.8. The van der Waals surface area contributed by atoms with E-state index in [1.165, 1.54) is 5.56 Å². The van der Waals surface area contributed by atoms with Crippen molar-refractivity contribution < 1.29 is 5.11 Å². The molecule has 1 saturated heterocycles. The molecule has 1 N–H and O–H groups in total. The van der Waals surface area contributed by atoms with Gasteiger partial charge in [0, 0.05) is 38.9 Å². The minimum Gasteiger partial charge on any atom is -0.387 e. The van der Waals surface area contributed by atoms with Crippen LogP contribution in [-0.2, 0) is 6.54 Å². The van der Waals surface area contributed by atoms with E-state index in [0.717, 1.165) is 25.2 Å². The van der Waals surface area contributed by atoms with Gasteiger partial charge in [-0.05, 0) is 31.0 Å². The Morgan fingerprint density at radius 2 is 2.04 bits per heavy atom. The maximum atomic E-state index is 11.0. The van der Waals surface area contributed by atoms with E-state index in [2.05, 4.69) is 28.1 Å². The predicted octanol–water partition coefficient (Wildman–Crippen LogP) is 2.33. The summed E-state index contributed by atoms with van der Waals surface area (Å²) in [6, 6.07) is 16.1. The first kappa shape index (κ1) is 17.4. The molecule has 5 heteroatoms. The molecule has 2 heterocycles. The summed E-state index contributed by atoms with van der Waals surface area (Å²) in [7, 11) is 1.89. The number of hydrogen-bond donors (Lipinski definition) is 1. The number of aliphatic hydroxyl groups is 1. The van der Waals surface area contributed by atoms with Crippen molar-refractivity contribution in [3.05, 3.63) is 59.3 Å². The van der Waals surface area contributed by atoms with Crippen molar-refractivity contribution in [2.24, 2.45) is 0 Å². The summed E-state index contributed by atoms with van der Waals surface area (Å²) in [5.41, 5.74) is 1.87. The van der Waals surface area contributed by atoms with E-state index in [4.69, 9.17) is 0 Å². The molecule has 2 aromatic rings. The molecule has 1 aromatic heterocycles. The molecule has 0 spiro atoms. The second kappa shape index (κ2) is 7.22. The van der Waals surface area contributed by atoms with Gasteiger partial charge in [-0.25, -0.2) is 4.98 Å². The van der Waals surface area contributed by atoms with Gasteiger partial charge in [0.15, 0.2) is 0 Å². The molecule has 1 fully saturated rings. The maximum absolute atomic E-state index is 11.0. The third-order valence-electron chi connectivity index (χ3n) is 4.69. The first-order valence-electron chi connectivity index (χ1n) is 8.57. The zero-order valence-corrected chi connectivity index (χ0v) is 14.8. The summed E-state index contributed by atoms with van der Waals surface area (Å²) in [4.78, 5) is 8.66. The fourth-order valence-electron chi connectivity index (χ4n) is 3.48. The van der Waals surface area contributed by atoms with Crippen molar-refractivity contribution in [2.45, 2.75) is 25.5 Å². The fraction of sp³-hybridized carbons (Fsp3) is 0.400. The van der Waals surface area contributed by atoms with Gasteiger partial charge in [-0.15, -0.1) is 0 Å². The van der Waals surface area contributed by atoms with Crippen LogP contribution in [0, 0.1) is 18.3 Å². The molecular formula is C20H24N4O. The van der Waals surface area contributed by atoms with Gasteiger partial charge in [0.05, 0.1) is 11.2 Å². The third-order valence-corrected chi connectivity index (χ3v) is 4.69. The molecule has 1 atom stereocenters. The lowest BCUT2D eigenvalue weighted by Gasteiger charge is -2.30. The number of benzene rings is 1. The van der Waals surface area contributed by atoms with E-state index < -0.39 is 5.60 Å². The Hall–Kier alpha value is -2.42. The van der Waals surface area contributed by atoms with Gasteiger partial charge in [-0.2, -0.15) is 5.26 Å². The topological polar surface area (TPSA) is 63.4 Å².